The number of primary amides is 1. The summed E-state index contributed by atoms with van der Waals surface area (Å²) in [6, 6.07) is 13.8. The van der Waals surface area contributed by atoms with Crippen LogP contribution in [0.4, 0.5) is 17.1 Å². The SMILES string of the molecule is Cc1ccccc1N1CCN(c2ccc(C(=O)NCCCN3CCCC3C(N)=O)cc2NC(=O)C2=CC=CC2)CC1. The van der Waals surface area contributed by atoms with Gasteiger partial charge in [0.2, 0.25) is 5.91 Å². The van der Waals surface area contributed by atoms with Crippen molar-refractivity contribution in [2.75, 3.05) is 60.9 Å². The monoisotopic (exact) mass is 556 g/mol. The summed E-state index contributed by atoms with van der Waals surface area (Å²) in [6.45, 7) is 7.53. The van der Waals surface area contributed by atoms with E-state index < -0.39 is 0 Å². The van der Waals surface area contributed by atoms with Crippen LogP contribution < -0.4 is 26.2 Å². The predicted octanol–water partition coefficient (Wildman–Crippen LogP) is 3.22. The number of carbonyl (C=O) groups excluding carboxylic acids is 3. The van der Waals surface area contributed by atoms with Crippen molar-refractivity contribution in [2.45, 2.75) is 38.6 Å². The summed E-state index contributed by atoms with van der Waals surface area (Å²) in [5, 5.41) is 6.08. The Morgan fingerprint density at radius 2 is 1.71 bits per heavy atom. The number of anilines is 3. The number of hydrogen-bond donors (Lipinski definition) is 3. The third-order valence-corrected chi connectivity index (χ3v) is 8.25. The van der Waals surface area contributed by atoms with Crippen molar-refractivity contribution < 1.29 is 14.4 Å². The van der Waals surface area contributed by atoms with Crippen molar-refractivity contribution >= 4 is 34.8 Å². The number of nitrogens with two attached hydrogens (primary N) is 1. The molecule has 2 aromatic carbocycles. The molecule has 0 spiro atoms. The van der Waals surface area contributed by atoms with E-state index in [1.165, 1.54) is 11.3 Å². The highest BCUT2D eigenvalue weighted by Crippen LogP contribution is 2.31. The Morgan fingerprint density at radius 1 is 0.951 bits per heavy atom. The van der Waals surface area contributed by atoms with E-state index >= 15 is 0 Å². The smallest absolute Gasteiger partial charge is 0.251 e. The molecule has 216 valence electrons. The van der Waals surface area contributed by atoms with Crippen molar-refractivity contribution in [3.05, 3.63) is 77.4 Å². The van der Waals surface area contributed by atoms with Gasteiger partial charge in [0.25, 0.3) is 11.8 Å². The molecule has 2 fully saturated rings. The highest BCUT2D eigenvalue weighted by atomic mass is 16.2. The number of aryl methyl sites for hydroxylation is 1. The van der Waals surface area contributed by atoms with Gasteiger partial charge in [0.15, 0.2) is 0 Å². The number of carbonyl (C=O) groups is 3. The molecule has 1 atom stereocenters. The fourth-order valence-corrected chi connectivity index (χ4v) is 5.98. The summed E-state index contributed by atoms with van der Waals surface area (Å²) < 4.78 is 0. The van der Waals surface area contributed by atoms with Crippen LogP contribution >= 0.6 is 0 Å². The average molecular weight is 557 g/mol. The van der Waals surface area contributed by atoms with Crippen molar-refractivity contribution in [1.29, 1.82) is 0 Å². The van der Waals surface area contributed by atoms with Crippen LogP contribution in [0.15, 0.2) is 66.3 Å². The van der Waals surface area contributed by atoms with Gasteiger partial charge in [-0.15, -0.1) is 0 Å². The van der Waals surface area contributed by atoms with Crippen LogP contribution in [0.1, 0.15) is 41.6 Å². The second kappa shape index (κ2) is 13.0. The maximum atomic E-state index is 13.1. The van der Waals surface area contributed by atoms with Crippen LogP contribution in [0.25, 0.3) is 0 Å². The van der Waals surface area contributed by atoms with E-state index in [9.17, 15) is 14.4 Å². The molecule has 0 radical (unpaired) electrons. The average Bonchev–Trinajstić information content (AvgIpc) is 3.69. The highest BCUT2D eigenvalue weighted by Gasteiger charge is 2.28. The zero-order valence-electron chi connectivity index (χ0n) is 23.8. The van der Waals surface area contributed by atoms with Crippen LogP contribution in [0.3, 0.4) is 0 Å². The Labute approximate surface area is 242 Å². The molecule has 5 rings (SSSR count). The zero-order valence-corrected chi connectivity index (χ0v) is 23.8. The molecule has 41 heavy (non-hydrogen) atoms. The number of hydrogen-bond acceptors (Lipinski definition) is 6. The van der Waals surface area contributed by atoms with E-state index in [-0.39, 0.29) is 23.8 Å². The van der Waals surface area contributed by atoms with Gasteiger partial charge in [0.05, 0.1) is 17.4 Å². The van der Waals surface area contributed by atoms with Gasteiger partial charge in [-0.3, -0.25) is 19.3 Å². The minimum atomic E-state index is -0.276. The highest BCUT2D eigenvalue weighted by molar-refractivity contribution is 6.07. The first-order valence-electron chi connectivity index (χ1n) is 14.6. The lowest BCUT2D eigenvalue weighted by Gasteiger charge is -2.38. The standard InChI is InChI=1S/C32H40N6O3/c1-23-8-2-5-11-27(23)37-18-20-38(21-19-37)28-14-13-25(22-26(28)35-32(41)24-9-3-4-10-24)31(40)34-15-7-17-36-16-6-12-29(36)30(33)39/h2-5,8-9,11,13-14,22,29H,6-7,10,12,15-21H2,1H3,(H2,33,39)(H,34,40)(H,35,41). The number of benzene rings is 2. The summed E-state index contributed by atoms with van der Waals surface area (Å²) >= 11 is 0. The van der Waals surface area contributed by atoms with Crippen LogP contribution in [0.2, 0.25) is 0 Å². The molecule has 1 unspecified atom stereocenters. The maximum absolute atomic E-state index is 13.1. The van der Waals surface area contributed by atoms with Gasteiger partial charge < -0.3 is 26.2 Å². The molecule has 2 saturated heterocycles. The molecule has 2 heterocycles. The van der Waals surface area contributed by atoms with Gasteiger partial charge in [-0.1, -0.05) is 36.4 Å². The normalized spacial score (nSPS) is 18.9. The molecule has 0 saturated carbocycles. The maximum Gasteiger partial charge on any atom is 0.251 e. The predicted molar refractivity (Wildman–Crippen MR) is 163 cm³/mol. The second-order valence-electron chi connectivity index (χ2n) is 11.0. The van der Waals surface area contributed by atoms with Gasteiger partial charge in [-0.2, -0.15) is 0 Å². The molecule has 1 aliphatic carbocycles. The largest absolute Gasteiger partial charge is 0.368 e. The zero-order chi connectivity index (χ0) is 28.8. The van der Waals surface area contributed by atoms with Crippen LogP contribution in [-0.2, 0) is 9.59 Å². The molecule has 4 N–H and O–H groups in total. The van der Waals surface area contributed by atoms with Gasteiger partial charge in [-0.05, 0) is 69.0 Å². The first-order chi connectivity index (χ1) is 19.9. The Kier molecular flexibility index (Phi) is 9.04. The van der Waals surface area contributed by atoms with E-state index in [0.717, 1.165) is 57.7 Å². The molecule has 2 aliphatic heterocycles. The topological polar surface area (TPSA) is 111 Å². The molecule has 2 aromatic rings. The molecule has 0 aromatic heterocycles. The lowest BCUT2D eigenvalue weighted by Crippen LogP contribution is -2.47. The Balaban J connectivity index is 1.24. The van der Waals surface area contributed by atoms with E-state index in [4.69, 9.17) is 5.73 Å². The van der Waals surface area contributed by atoms with Crippen molar-refractivity contribution in [1.82, 2.24) is 10.2 Å². The third kappa shape index (κ3) is 6.79. The van der Waals surface area contributed by atoms with Crippen LogP contribution in [0, 0.1) is 6.92 Å². The number of rotatable bonds is 10. The lowest BCUT2D eigenvalue weighted by molar-refractivity contribution is -0.122. The summed E-state index contributed by atoms with van der Waals surface area (Å²) in [6.07, 6.45) is 8.77. The Bertz CT molecular complexity index is 1340. The first-order valence-corrected chi connectivity index (χ1v) is 14.6. The summed E-state index contributed by atoms with van der Waals surface area (Å²) in [5.41, 5.74) is 10.8. The van der Waals surface area contributed by atoms with Crippen molar-refractivity contribution in [3.8, 4) is 0 Å². The lowest BCUT2D eigenvalue weighted by atomic mass is 10.1. The van der Waals surface area contributed by atoms with Gasteiger partial charge in [0, 0.05) is 56.1 Å². The molecule has 9 heteroatoms. The molecular formula is C32H40N6O3. The van der Waals surface area contributed by atoms with E-state index in [1.54, 1.807) is 6.07 Å². The summed E-state index contributed by atoms with van der Waals surface area (Å²) in [5.74, 6) is -0.616. The van der Waals surface area contributed by atoms with Crippen molar-refractivity contribution in [3.63, 3.8) is 0 Å². The molecule has 3 aliphatic rings. The Hall–Kier alpha value is -4.11. The molecule has 9 nitrogen and oxygen atoms in total. The van der Waals surface area contributed by atoms with E-state index in [1.807, 2.05) is 30.4 Å². The Morgan fingerprint density at radius 3 is 2.41 bits per heavy atom. The van der Waals surface area contributed by atoms with Gasteiger partial charge in [-0.25, -0.2) is 0 Å². The second-order valence-corrected chi connectivity index (χ2v) is 11.0. The molecule has 0 bridgehead atoms. The van der Waals surface area contributed by atoms with Crippen LogP contribution in [0.5, 0.6) is 0 Å². The fourth-order valence-electron chi connectivity index (χ4n) is 5.98. The third-order valence-electron chi connectivity index (χ3n) is 8.25. The van der Waals surface area contributed by atoms with Gasteiger partial charge in [0.1, 0.15) is 0 Å². The number of piperazine rings is 1. The van der Waals surface area contributed by atoms with Gasteiger partial charge >= 0.3 is 0 Å². The number of amides is 3. The van der Waals surface area contributed by atoms with E-state index in [0.29, 0.717) is 36.3 Å². The number of nitrogens with zero attached hydrogens (tertiary/aromatic N) is 3. The minimum Gasteiger partial charge on any atom is -0.368 e. The number of likely N-dealkylation sites (tertiary alicyclic amines) is 1. The molecule has 3 amide bonds. The number of allylic oxidation sites excluding steroid dienone is 3. The summed E-state index contributed by atoms with van der Waals surface area (Å²) in [7, 11) is 0. The van der Waals surface area contributed by atoms with Crippen LogP contribution in [-0.4, -0.2) is 74.5 Å². The first kappa shape index (κ1) is 28.4. The fraction of sp³-hybridized carbons (Fsp3) is 0.406. The van der Waals surface area contributed by atoms with E-state index in [2.05, 4.69) is 56.5 Å². The number of para-hydroxylation sites is 1. The van der Waals surface area contributed by atoms with Crippen molar-refractivity contribution in [2.24, 2.45) is 5.73 Å². The molecular weight excluding hydrogens is 516 g/mol. The minimum absolute atomic E-state index is 0.151. The quantitative estimate of drug-likeness (QED) is 0.388. The number of nitrogens with one attached hydrogen (secondary N) is 2. The summed E-state index contributed by atoms with van der Waals surface area (Å²) in [4.78, 5) is 44.5.